The molecule has 0 saturated heterocycles. The fourth-order valence-corrected chi connectivity index (χ4v) is 1.78. The number of aryl methyl sites for hydroxylation is 2. The number of para-hydroxylation sites is 1. The Morgan fingerprint density at radius 1 is 1.20 bits per heavy atom. The Kier molecular flexibility index (Phi) is 5.70. The summed E-state index contributed by atoms with van der Waals surface area (Å²) in [5, 5.41) is 5.35. The van der Waals surface area contributed by atoms with Gasteiger partial charge in [-0.15, -0.1) is 0 Å². The Labute approximate surface area is 119 Å². The average molecular weight is 277 g/mol. The summed E-state index contributed by atoms with van der Waals surface area (Å²) in [5.74, 6) is -0.528. The van der Waals surface area contributed by atoms with Crippen molar-refractivity contribution in [1.82, 2.24) is 5.32 Å². The summed E-state index contributed by atoms with van der Waals surface area (Å²) in [7, 11) is 0. The molecule has 5 nitrogen and oxygen atoms in total. The molecule has 0 radical (unpaired) electrons. The Hall–Kier alpha value is -1.88. The zero-order chi connectivity index (χ0) is 15.3. The molecule has 0 saturated carbocycles. The van der Waals surface area contributed by atoms with Gasteiger partial charge in [0.2, 0.25) is 11.8 Å². The Balaban J connectivity index is 2.55. The van der Waals surface area contributed by atoms with Gasteiger partial charge in [0, 0.05) is 5.69 Å². The SMILES string of the molecule is Cc1cccc(C)c1NC(=O)CNC(=O)[C@@H](N)C(C)C. The van der Waals surface area contributed by atoms with Crippen molar-refractivity contribution in [2.75, 3.05) is 11.9 Å². The Bertz CT molecular complexity index is 478. The van der Waals surface area contributed by atoms with Crippen LogP contribution >= 0.6 is 0 Å². The van der Waals surface area contributed by atoms with Gasteiger partial charge in [0.05, 0.1) is 12.6 Å². The third-order valence-electron chi connectivity index (χ3n) is 3.19. The van der Waals surface area contributed by atoms with Crippen molar-refractivity contribution in [1.29, 1.82) is 0 Å². The molecule has 2 amide bonds. The van der Waals surface area contributed by atoms with Crippen LogP contribution in [0.5, 0.6) is 0 Å². The van der Waals surface area contributed by atoms with Crippen LogP contribution in [0.2, 0.25) is 0 Å². The predicted molar refractivity (Wildman–Crippen MR) is 80.4 cm³/mol. The van der Waals surface area contributed by atoms with Gasteiger partial charge in [-0.1, -0.05) is 32.0 Å². The van der Waals surface area contributed by atoms with Gasteiger partial charge < -0.3 is 16.4 Å². The molecule has 0 spiro atoms. The van der Waals surface area contributed by atoms with Gasteiger partial charge >= 0.3 is 0 Å². The van der Waals surface area contributed by atoms with Crippen LogP contribution in [0.15, 0.2) is 18.2 Å². The zero-order valence-electron chi connectivity index (χ0n) is 12.5. The molecule has 0 aliphatic carbocycles. The number of benzene rings is 1. The minimum atomic E-state index is -0.594. The number of carbonyl (C=O) groups excluding carboxylic acids is 2. The van der Waals surface area contributed by atoms with Crippen molar-refractivity contribution in [2.24, 2.45) is 11.7 Å². The first-order valence-electron chi connectivity index (χ1n) is 6.72. The lowest BCUT2D eigenvalue weighted by atomic mass is 10.1. The van der Waals surface area contributed by atoms with E-state index in [9.17, 15) is 9.59 Å². The number of hydrogen-bond acceptors (Lipinski definition) is 3. The molecular weight excluding hydrogens is 254 g/mol. The number of nitrogens with two attached hydrogens (primary N) is 1. The maximum absolute atomic E-state index is 11.8. The highest BCUT2D eigenvalue weighted by atomic mass is 16.2. The molecule has 0 heterocycles. The van der Waals surface area contributed by atoms with E-state index in [0.29, 0.717) is 0 Å². The maximum atomic E-state index is 11.8. The molecule has 0 aliphatic heterocycles. The average Bonchev–Trinajstić information content (AvgIpc) is 2.39. The topological polar surface area (TPSA) is 84.2 Å². The minimum absolute atomic E-state index is 0.0386. The van der Waals surface area contributed by atoms with E-state index in [-0.39, 0.29) is 24.3 Å². The fourth-order valence-electron chi connectivity index (χ4n) is 1.78. The molecule has 0 fully saturated rings. The number of nitrogens with one attached hydrogen (secondary N) is 2. The van der Waals surface area contributed by atoms with Gasteiger partial charge in [-0.05, 0) is 30.9 Å². The summed E-state index contributed by atoms with van der Waals surface area (Å²) in [6.45, 7) is 7.50. The standard InChI is InChI=1S/C15H23N3O2/c1-9(2)13(16)15(20)17-8-12(19)18-14-10(3)6-5-7-11(14)4/h5-7,9,13H,8,16H2,1-4H3,(H,17,20)(H,18,19)/t13-/m0/s1. The molecule has 0 bridgehead atoms. The highest BCUT2D eigenvalue weighted by Gasteiger charge is 2.17. The van der Waals surface area contributed by atoms with Crippen LogP contribution in [0.3, 0.4) is 0 Å². The van der Waals surface area contributed by atoms with Crippen LogP contribution in [-0.4, -0.2) is 24.4 Å². The first kappa shape index (κ1) is 16.2. The van der Waals surface area contributed by atoms with Crippen molar-refractivity contribution in [3.63, 3.8) is 0 Å². The third-order valence-corrected chi connectivity index (χ3v) is 3.19. The van der Waals surface area contributed by atoms with Crippen LogP contribution in [0.25, 0.3) is 0 Å². The smallest absolute Gasteiger partial charge is 0.243 e. The highest BCUT2D eigenvalue weighted by Crippen LogP contribution is 2.18. The van der Waals surface area contributed by atoms with E-state index in [1.54, 1.807) is 0 Å². The minimum Gasteiger partial charge on any atom is -0.346 e. The van der Waals surface area contributed by atoms with Gasteiger partial charge in [0.15, 0.2) is 0 Å². The monoisotopic (exact) mass is 277 g/mol. The first-order chi connectivity index (χ1) is 9.32. The van der Waals surface area contributed by atoms with Gasteiger partial charge in [-0.2, -0.15) is 0 Å². The molecule has 20 heavy (non-hydrogen) atoms. The van der Waals surface area contributed by atoms with E-state index in [2.05, 4.69) is 10.6 Å². The molecule has 0 aromatic heterocycles. The third kappa shape index (κ3) is 4.35. The van der Waals surface area contributed by atoms with E-state index >= 15 is 0 Å². The second-order valence-electron chi connectivity index (χ2n) is 5.30. The summed E-state index contributed by atoms with van der Waals surface area (Å²) >= 11 is 0. The molecule has 1 atom stereocenters. The summed E-state index contributed by atoms with van der Waals surface area (Å²) in [5.41, 5.74) is 8.47. The summed E-state index contributed by atoms with van der Waals surface area (Å²) in [6.07, 6.45) is 0. The summed E-state index contributed by atoms with van der Waals surface area (Å²) < 4.78 is 0. The van der Waals surface area contributed by atoms with Crippen molar-refractivity contribution < 1.29 is 9.59 Å². The molecular formula is C15H23N3O2. The molecule has 0 unspecified atom stereocenters. The number of carbonyl (C=O) groups is 2. The normalized spacial score (nSPS) is 12.1. The van der Waals surface area contributed by atoms with E-state index in [1.165, 1.54) is 0 Å². The number of hydrogen-bond donors (Lipinski definition) is 3. The van der Waals surface area contributed by atoms with Crippen molar-refractivity contribution in [3.8, 4) is 0 Å². The Morgan fingerprint density at radius 3 is 2.25 bits per heavy atom. The van der Waals surface area contributed by atoms with Crippen LogP contribution < -0.4 is 16.4 Å². The maximum Gasteiger partial charge on any atom is 0.243 e. The second-order valence-corrected chi connectivity index (χ2v) is 5.30. The van der Waals surface area contributed by atoms with Crippen LogP contribution in [0.4, 0.5) is 5.69 Å². The highest BCUT2D eigenvalue weighted by molar-refractivity contribution is 5.96. The lowest BCUT2D eigenvalue weighted by Crippen LogP contribution is -2.46. The molecule has 0 aliphatic rings. The largest absolute Gasteiger partial charge is 0.346 e. The quantitative estimate of drug-likeness (QED) is 0.759. The van der Waals surface area contributed by atoms with Gasteiger partial charge in [0.25, 0.3) is 0 Å². The number of anilines is 1. The van der Waals surface area contributed by atoms with Gasteiger partial charge in [-0.3, -0.25) is 9.59 Å². The van der Waals surface area contributed by atoms with Crippen LogP contribution in [0.1, 0.15) is 25.0 Å². The van der Waals surface area contributed by atoms with E-state index < -0.39 is 6.04 Å². The van der Waals surface area contributed by atoms with Crippen LogP contribution in [-0.2, 0) is 9.59 Å². The lowest BCUT2D eigenvalue weighted by Gasteiger charge is -2.16. The summed E-state index contributed by atoms with van der Waals surface area (Å²) in [6, 6.07) is 5.19. The van der Waals surface area contributed by atoms with Crippen molar-refractivity contribution in [3.05, 3.63) is 29.3 Å². The second kappa shape index (κ2) is 7.05. The van der Waals surface area contributed by atoms with Gasteiger partial charge in [0.1, 0.15) is 0 Å². The fraction of sp³-hybridized carbons (Fsp3) is 0.467. The van der Waals surface area contributed by atoms with Gasteiger partial charge in [-0.25, -0.2) is 0 Å². The molecule has 1 rings (SSSR count). The first-order valence-corrected chi connectivity index (χ1v) is 6.72. The van der Waals surface area contributed by atoms with Crippen molar-refractivity contribution >= 4 is 17.5 Å². The number of rotatable bonds is 5. The predicted octanol–water partition coefficient (Wildman–Crippen LogP) is 1.34. The van der Waals surface area contributed by atoms with Crippen LogP contribution in [0, 0.1) is 19.8 Å². The molecule has 4 N–H and O–H groups in total. The van der Waals surface area contributed by atoms with E-state index in [0.717, 1.165) is 16.8 Å². The molecule has 110 valence electrons. The molecule has 5 heteroatoms. The van der Waals surface area contributed by atoms with E-state index in [4.69, 9.17) is 5.73 Å². The number of amides is 2. The zero-order valence-corrected chi connectivity index (χ0v) is 12.5. The molecule has 1 aromatic carbocycles. The van der Waals surface area contributed by atoms with Crippen molar-refractivity contribution in [2.45, 2.75) is 33.7 Å². The lowest BCUT2D eigenvalue weighted by molar-refractivity contribution is -0.125. The van der Waals surface area contributed by atoms with E-state index in [1.807, 2.05) is 45.9 Å². The molecule has 1 aromatic rings. The Morgan fingerprint density at radius 2 is 1.75 bits per heavy atom. The summed E-state index contributed by atoms with van der Waals surface area (Å²) in [4.78, 5) is 23.5.